The number of hydrogen-bond acceptors (Lipinski definition) is 5. The maximum Gasteiger partial charge on any atom is 0.252 e. The third kappa shape index (κ3) is 3.95. The van der Waals surface area contributed by atoms with Crippen LogP contribution in [-0.2, 0) is 11.3 Å². The van der Waals surface area contributed by atoms with Crippen molar-refractivity contribution in [2.45, 2.75) is 25.6 Å². The Labute approximate surface area is 132 Å². The highest BCUT2D eigenvalue weighted by Crippen LogP contribution is 2.25. The molecule has 1 aromatic heterocycles. The minimum Gasteiger partial charge on any atom is -0.368 e. The zero-order chi connectivity index (χ0) is 14.7. The van der Waals surface area contributed by atoms with Crippen molar-refractivity contribution in [1.29, 1.82) is 0 Å². The van der Waals surface area contributed by atoms with Crippen molar-refractivity contribution in [2.75, 3.05) is 13.1 Å². The van der Waals surface area contributed by atoms with Crippen LogP contribution in [0.5, 0.6) is 0 Å². The van der Waals surface area contributed by atoms with Crippen molar-refractivity contribution in [1.82, 2.24) is 15.5 Å². The van der Waals surface area contributed by atoms with Gasteiger partial charge in [-0.25, -0.2) is 0 Å². The van der Waals surface area contributed by atoms with Gasteiger partial charge in [0, 0.05) is 15.6 Å². The number of nitrogens with one attached hydrogen (secondary N) is 1. The summed E-state index contributed by atoms with van der Waals surface area (Å²) in [5.74, 6) is 0.919. The Balaban J connectivity index is 1.65. The SMILES string of the molecule is Clc1cc(Cl)cc(-c2noc(COC3CCNCC3)n2)c1. The van der Waals surface area contributed by atoms with Crippen LogP contribution in [-0.4, -0.2) is 29.3 Å². The van der Waals surface area contributed by atoms with Crippen molar-refractivity contribution in [3.63, 3.8) is 0 Å². The molecule has 2 aromatic rings. The Bertz CT molecular complexity index is 592. The molecule has 7 heteroatoms. The zero-order valence-electron chi connectivity index (χ0n) is 11.3. The molecule has 1 N–H and O–H groups in total. The number of hydrogen-bond donors (Lipinski definition) is 1. The van der Waals surface area contributed by atoms with Crippen molar-refractivity contribution in [3.05, 3.63) is 34.1 Å². The lowest BCUT2D eigenvalue weighted by Crippen LogP contribution is -2.32. The van der Waals surface area contributed by atoms with E-state index in [0.29, 0.717) is 28.4 Å². The quantitative estimate of drug-likeness (QED) is 0.933. The van der Waals surface area contributed by atoms with Gasteiger partial charge >= 0.3 is 0 Å². The van der Waals surface area contributed by atoms with Crippen molar-refractivity contribution in [3.8, 4) is 11.4 Å². The van der Waals surface area contributed by atoms with E-state index in [0.717, 1.165) is 31.5 Å². The minimum absolute atomic E-state index is 0.252. The first kappa shape index (κ1) is 14.8. The monoisotopic (exact) mass is 327 g/mol. The molecule has 0 unspecified atom stereocenters. The minimum atomic E-state index is 0.252. The summed E-state index contributed by atoms with van der Waals surface area (Å²) in [6, 6.07) is 5.15. The average Bonchev–Trinajstić information content (AvgIpc) is 2.94. The van der Waals surface area contributed by atoms with Gasteiger partial charge in [0.1, 0.15) is 6.61 Å². The topological polar surface area (TPSA) is 60.2 Å². The van der Waals surface area contributed by atoms with E-state index in [4.69, 9.17) is 32.5 Å². The van der Waals surface area contributed by atoms with Crippen LogP contribution in [0.15, 0.2) is 22.7 Å². The van der Waals surface area contributed by atoms with Gasteiger partial charge in [-0.1, -0.05) is 28.4 Å². The zero-order valence-corrected chi connectivity index (χ0v) is 12.8. The molecular formula is C14H15Cl2N3O2. The molecule has 0 radical (unpaired) electrons. The summed E-state index contributed by atoms with van der Waals surface area (Å²) in [4.78, 5) is 4.31. The van der Waals surface area contributed by atoms with Crippen molar-refractivity contribution in [2.24, 2.45) is 0 Å². The van der Waals surface area contributed by atoms with Crippen LogP contribution in [0.1, 0.15) is 18.7 Å². The molecule has 1 saturated heterocycles. The summed E-state index contributed by atoms with van der Waals surface area (Å²) in [6.45, 7) is 2.30. The molecule has 1 aliphatic heterocycles. The van der Waals surface area contributed by atoms with Crippen LogP contribution >= 0.6 is 23.2 Å². The van der Waals surface area contributed by atoms with Gasteiger partial charge in [0.25, 0.3) is 5.89 Å². The van der Waals surface area contributed by atoms with Gasteiger partial charge in [-0.2, -0.15) is 4.98 Å². The van der Waals surface area contributed by atoms with Crippen molar-refractivity contribution < 1.29 is 9.26 Å². The molecule has 112 valence electrons. The van der Waals surface area contributed by atoms with E-state index in [2.05, 4.69) is 15.5 Å². The van der Waals surface area contributed by atoms with Crippen LogP contribution < -0.4 is 5.32 Å². The number of piperidine rings is 1. The largest absolute Gasteiger partial charge is 0.368 e. The number of halogens is 2. The highest BCUT2D eigenvalue weighted by atomic mass is 35.5. The van der Waals surface area contributed by atoms with Crippen LogP contribution in [0.2, 0.25) is 10.0 Å². The Hall–Kier alpha value is -1.14. The lowest BCUT2D eigenvalue weighted by Gasteiger charge is -2.21. The molecule has 0 saturated carbocycles. The predicted octanol–water partition coefficient (Wildman–Crippen LogP) is 3.31. The van der Waals surface area contributed by atoms with Crippen LogP contribution in [0, 0.1) is 0 Å². The molecule has 1 fully saturated rings. The number of ether oxygens (including phenoxy) is 1. The molecule has 0 bridgehead atoms. The molecule has 21 heavy (non-hydrogen) atoms. The first-order chi connectivity index (χ1) is 10.2. The fraction of sp³-hybridized carbons (Fsp3) is 0.429. The average molecular weight is 328 g/mol. The van der Waals surface area contributed by atoms with Crippen LogP contribution in [0.4, 0.5) is 0 Å². The van der Waals surface area contributed by atoms with E-state index in [1.54, 1.807) is 18.2 Å². The normalized spacial score (nSPS) is 16.3. The van der Waals surface area contributed by atoms with Crippen LogP contribution in [0.3, 0.4) is 0 Å². The van der Waals surface area contributed by atoms with Crippen molar-refractivity contribution >= 4 is 23.2 Å². The molecule has 5 nitrogen and oxygen atoms in total. The van der Waals surface area contributed by atoms with Gasteiger partial charge in [-0.05, 0) is 44.1 Å². The third-order valence-electron chi connectivity index (χ3n) is 3.32. The van der Waals surface area contributed by atoms with Gasteiger partial charge < -0.3 is 14.6 Å². The summed E-state index contributed by atoms with van der Waals surface area (Å²) in [6.07, 6.45) is 2.26. The smallest absolute Gasteiger partial charge is 0.252 e. The predicted molar refractivity (Wildman–Crippen MR) is 80.4 cm³/mol. The van der Waals surface area contributed by atoms with E-state index in [1.807, 2.05) is 0 Å². The van der Waals surface area contributed by atoms with Crippen LogP contribution in [0.25, 0.3) is 11.4 Å². The second-order valence-electron chi connectivity index (χ2n) is 4.93. The Morgan fingerprint density at radius 3 is 2.62 bits per heavy atom. The Kier molecular flexibility index (Phi) is 4.75. The molecule has 1 aromatic carbocycles. The summed E-state index contributed by atoms with van der Waals surface area (Å²) in [5, 5.41) is 8.30. The van der Waals surface area contributed by atoms with Gasteiger partial charge in [0.05, 0.1) is 6.10 Å². The highest BCUT2D eigenvalue weighted by molar-refractivity contribution is 6.35. The number of rotatable bonds is 4. The van der Waals surface area contributed by atoms with E-state index in [9.17, 15) is 0 Å². The fourth-order valence-electron chi connectivity index (χ4n) is 2.26. The van der Waals surface area contributed by atoms with Gasteiger partial charge in [0.15, 0.2) is 0 Å². The molecular weight excluding hydrogens is 313 g/mol. The molecule has 0 atom stereocenters. The lowest BCUT2D eigenvalue weighted by molar-refractivity contribution is 0.00859. The van der Waals surface area contributed by atoms with E-state index < -0.39 is 0 Å². The van der Waals surface area contributed by atoms with Gasteiger partial charge in [-0.15, -0.1) is 0 Å². The number of aromatic nitrogens is 2. The van der Waals surface area contributed by atoms with E-state index >= 15 is 0 Å². The lowest BCUT2D eigenvalue weighted by atomic mass is 10.1. The number of nitrogens with zero attached hydrogens (tertiary/aromatic N) is 2. The summed E-state index contributed by atoms with van der Waals surface area (Å²) in [7, 11) is 0. The Morgan fingerprint density at radius 1 is 1.19 bits per heavy atom. The second-order valence-corrected chi connectivity index (χ2v) is 5.80. The molecule has 3 rings (SSSR count). The number of benzene rings is 1. The maximum absolute atomic E-state index is 5.97. The fourth-order valence-corrected chi connectivity index (χ4v) is 2.79. The Morgan fingerprint density at radius 2 is 1.90 bits per heavy atom. The van der Waals surface area contributed by atoms with E-state index in [1.165, 1.54) is 0 Å². The standard InChI is InChI=1S/C14H15Cl2N3O2/c15-10-5-9(6-11(16)7-10)14-18-13(21-19-14)8-20-12-1-3-17-4-2-12/h5-7,12,17H,1-4,8H2. The summed E-state index contributed by atoms with van der Waals surface area (Å²) < 4.78 is 11.0. The van der Waals surface area contributed by atoms with Gasteiger partial charge in [-0.3, -0.25) is 0 Å². The molecule has 2 heterocycles. The van der Waals surface area contributed by atoms with Gasteiger partial charge in [0.2, 0.25) is 5.82 Å². The third-order valence-corrected chi connectivity index (χ3v) is 3.75. The van der Waals surface area contributed by atoms with E-state index in [-0.39, 0.29) is 6.10 Å². The first-order valence-electron chi connectivity index (χ1n) is 6.82. The molecule has 0 aliphatic carbocycles. The maximum atomic E-state index is 5.97. The molecule has 1 aliphatic rings. The second kappa shape index (κ2) is 6.75. The molecule has 0 spiro atoms. The summed E-state index contributed by atoms with van der Waals surface area (Å²) in [5.41, 5.74) is 0.726. The summed E-state index contributed by atoms with van der Waals surface area (Å²) >= 11 is 11.9. The highest BCUT2D eigenvalue weighted by Gasteiger charge is 2.16. The first-order valence-corrected chi connectivity index (χ1v) is 7.57. The molecule has 0 amide bonds.